The molecule has 0 aliphatic heterocycles. The molecule has 0 aromatic heterocycles. The number of hydrogen-bond donors (Lipinski definition) is 2. The first-order chi connectivity index (χ1) is 8.27. The SMILES string of the molecule is CSc1ccc(C(C)NCCCCCO)cc1. The van der Waals surface area contributed by atoms with E-state index in [1.807, 2.05) is 0 Å². The highest BCUT2D eigenvalue weighted by Crippen LogP contribution is 2.18. The van der Waals surface area contributed by atoms with Crippen molar-refractivity contribution in [2.75, 3.05) is 19.4 Å². The predicted octanol–water partition coefficient (Wildman–Crippen LogP) is 3.22. The summed E-state index contributed by atoms with van der Waals surface area (Å²) in [6.45, 7) is 3.53. The van der Waals surface area contributed by atoms with Crippen LogP contribution in [0.2, 0.25) is 0 Å². The first-order valence-electron chi connectivity index (χ1n) is 6.26. The highest BCUT2D eigenvalue weighted by atomic mass is 32.2. The van der Waals surface area contributed by atoms with Crippen LogP contribution in [-0.2, 0) is 0 Å². The third-order valence-electron chi connectivity index (χ3n) is 2.90. The molecule has 1 aromatic carbocycles. The Morgan fingerprint density at radius 2 is 1.88 bits per heavy atom. The number of nitrogens with one attached hydrogen (secondary N) is 1. The molecule has 0 amide bonds. The van der Waals surface area contributed by atoms with Crippen LogP contribution in [0.1, 0.15) is 37.8 Å². The quantitative estimate of drug-likeness (QED) is 0.551. The van der Waals surface area contributed by atoms with Gasteiger partial charge in [-0.1, -0.05) is 12.1 Å². The average Bonchev–Trinajstić information content (AvgIpc) is 2.38. The molecule has 0 fully saturated rings. The molecule has 0 saturated carbocycles. The summed E-state index contributed by atoms with van der Waals surface area (Å²) in [5, 5.41) is 12.2. The van der Waals surface area contributed by atoms with Crippen molar-refractivity contribution >= 4 is 11.8 Å². The summed E-state index contributed by atoms with van der Waals surface area (Å²) in [5.74, 6) is 0. The van der Waals surface area contributed by atoms with E-state index in [0.717, 1.165) is 25.8 Å². The molecule has 3 heteroatoms. The summed E-state index contributed by atoms with van der Waals surface area (Å²) in [5.41, 5.74) is 1.34. The van der Waals surface area contributed by atoms with Crippen molar-refractivity contribution in [1.82, 2.24) is 5.32 Å². The summed E-state index contributed by atoms with van der Waals surface area (Å²) in [7, 11) is 0. The van der Waals surface area contributed by atoms with Crippen molar-refractivity contribution in [3.8, 4) is 0 Å². The molecule has 2 N–H and O–H groups in total. The van der Waals surface area contributed by atoms with Gasteiger partial charge in [-0.25, -0.2) is 0 Å². The number of benzene rings is 1. The Balaban J connectivity index is 2.28. The summed E-state index contributed by atoms with van der Waals surface area (Å²) >= 11 is 1.77. The van der Waals surface area contributed by atoms with E-state index in [2.05, 4.69) is 42.8 Å². The van der Waals surface area contributed by atoms with Gasteiger partial charge in [0.25, 0.3) is 0 Å². The Hall–Kier alpha value is -0.510. The Labute approximate surface area is 109 Å². The Morgan fingerprint density at radius 3 is 2.47 bits per heavy atom. The van der Waals surface area contributed by atoms with E-state index in [1.165, 1.54) is 10.5 Å². The maximum atomic E-state index is 8.68. The van der Waals surface area contributed by atoms with Crippen molar-refractivity contribution in [2.45, 2.75) is 37.1 Å². The lowest BCUT2D eigenvalue weighted by Gasteiger charge is -2.14. The molecule has 0 bridgehead atoms. The number of unbranched alkanes of at least 4 members (excludes halogenated alkanes) is 2. The minimum atomic E-state index is 0.311. The van der Waals surface area contributed by atoms with Crippen LogP contribution in [0.25, 0.3) is 0 Å². The number of thioether (sulfide) groups is 1. The molecular formula is C14H23NOS. The summed E-state index contributed by atoms with van der Waals surface area (Å²) < 4.78 is 0. The van der Waals surface area contributed by atoms with Gasteiger partial charge < -0.3 is 10.4 Å². The van der Waals surface area contributed by atoms with E-state index in [4.69, 9.17) is 5.11 Å². The van der Waals surface area contributed by atoms with Gasteiger partial charge in [-0.2, -0.15) is 0 Å². The van der Waals surface area contributed by atoms with E-state index in [0.29, 0.717) is 12.6 Å². The fraction of sp³-hybridized carbons (Fsp3) is 0.571. The van der Waals surface area contributed by atoms with Gasteiger partial charge in [0.15, 0.2) is 0 Å². The van der Waals surface area contributed by atoms with Crippen molar-refractivity contribution in [1.29, 1.82) is 0 Å². The fourth-order valence-corrected chi connectivity index (χ4v) is 2.15. The van der Waals surface area contributed by atoms with Crippen LogP contribution in [-0.4, -0.2) is 24.5 Å². The van der Waals surface area contributed by atoms with Gasteiger partial charge in [-0.05, 0) is 56.7 Å². The molecule has 0 aliphatic rings. The van der Waals surface area contributed by atoms with E-state index < -0.39 is 0 Å². The number of aliphatic hydroxyl groups is 1. The molecular weight excluding hydrogens is 230 g/mol. The van der Waals surface area contributed by atoms with E-state index in [9.17, 15) is 0 Å². The second-order valence-corrected chi connectivity index (χ2v) is 5.11. The standard InChI is InChI=1S/C14H23NOS/c1-12(15-10-4-3-5-11-16)13-6-8-14(17-2)9-7-13/h6-9,12,15-16H,3-5,10-11H2,1-2H3. The maximum Gasteiger partial charge on any atom is 0.0431 e. The highest BCUT2D eigenvalue weighted by Gasteiger charge is 2.03. The Morgan fingerprint density at radius 1 is 1.18 bits per heavy atom. The minimum Gasteiger partial charge on any atom is -0.396 e. The molecule has 0 aliphatic carbocycles. The Kier molecular flexibility index (Phi) is 7.33. The van der Waals surface area contributed by atoms with Crippen LogP contribution in [0.5, 0.6) is 0 Å². The summed E-state index contributed by atoms with van der Waals surface area (Å²) in [6.07, 6.45) is 5.24. The molecule has 0 spiro atoms. The van der Waals surface area contributed by atoms with Crippen LogP contribution in [0.15, 0.2) is 29.2 Å². The van der Waals surface area contributed by atoms with Gasteiger partial charge in [-0.15, -0.1) is 11.8 Å². The lowest BCUT2D eigenvalue weighted by molar-refractivity contribution is 0.282. The zero-order valence-corrected chi connectivity index (χ0v) is 11.6. The summed E-state index contributed by atoms with van der Waals surface area (Å²) in [4.78, 5) is 1.31. The molecule has 1 unspecified atom stereocenters. The molecule has 17 heavy (non-hydrogen) atoms. The van der Waals surface area contributed by atoms with Gasteiger partial charge in [0.05, 0.1) is 0 Å². The lowest BCUT2D eigenvalue weighted by Crippen LogP contribution is -2.19. The predicted molar refractivity (Wildman–Crippen MR) is 75.6 cm³/mol. The van der Waals surface area contributed by atoms with E-state index >= 15 is 0 Å². The van der Waals surface area contributed by atoms with Gasteiger partial charge in [-0.3, -0.25) is 0 Å². The molecule has 1 atom stereocenters. The first kappa shape index (κ1) is 14.6. The zero-order chi connectivity index (χ0) is 12.5. The Bertz CT molecular complexity index is 300. The van der Waals surface area contributed by atoms with Crippen LogP contribution in [0.3, 0.4) is 0 Å². The third-order valence-corrected chi connectivity index (χ3v) is 3.64. The van der Waals surface area contributed by atoms with Crippen molar-refractivity contribution in [2.24, 2.45) is 0 Å². The normalized spacial score (nSPS) is 12.6. The van der Waals surface area contributed by atoms with Crippen molar-refractivity contribution in [3.05, 3.63) is 29.8 Å². The molecule has 0 saturated heterocycles. The number of aliphatic hydroxyl groups excluding tert-OH is 1. The number of hydrogen-bond acceptors (Lipinski definition) is 3. The van der Waals surface area contributed by atoms with Crippen LogP contribution in [0, 0.1) is 0 Å². The molecule has 0 heterocycles. The molecule has 1 aromatic rings. The highest BCUT2D eigenvalue weighted by molar-refractivity contribution is 7.98. The van der Waals surface area contributed by atoms with Gasteiger partial charge in [0.1, 0.15) is 0 Å². The molecule has 2 nitrogen and oxygen atoms in total. The maximum absolute atomic E-state index is 8.68. The minimum absolute atomic E-state index is 0.311. The average molecular weight is 253 g/mol. The topological polar surface area (TPSA) is 32.3 Å². The lowest BCUT2D eigenvalue weighted by atomic mass is 10.1. The second-order valence-electron chi connectivity index (χ2n) is 4.23. The van der Waals surface area contributed by atoms with Crippen LogP contribution < -0.4 is 5.32 Å². The molecule has 0 radical (unpaired) electrons. The van der Waals surface area contributed by atoms with Gasteiger partial charge in [0, 0.05) is 17.5 Å². The summed E-state index contributed by atoms with van der Waals surface area (Å²) in [6, 6.07) is 9.13. The third kappa shape index (κ3) is 5.57. The molecule has 1 rings (SSSR count). The fourth-order valence-electron chi connectivity index (χ4n) is 1.74. The molecule has 96 valence electrons. The van der Waals surface area contributed by atoms with Crippen LogP contribution in [0.4, 0.5) is 0 Å². The number of rotatable bonds is 8. The first-order valence-corrected chi connectivity index (χ1v) is 7.48. The van der Waals surface area contributed by atoms with Crippen molar-refractivity contribution in [3.63, 3.8) is 0 Å². The van der Waals surface area contributed by atoms with E-state index in [1.54, 1.807) is 11.8 Å². The largest absolute Gasteiger partial charge is 0.396 e. The zero-order valence-electron chi connectivity index (χ0n) is 10.8. The van der Waals surface area contributed by atoms with Crippen molar-refractivity contribution < 1.29 is 5.11 Å². The smallest absolute Gasteiger partial charge is 0.0431 e. The van der Waals surface area contributed by atoms with Crippen LogP contribution >= 0.6 is 11.8 Å². The monoisotopic (exact) mass is 253 g/mol. The van der Waals surface area contributed by atoms with Gasteiger partial charge in [0.2, 0.25) is 0 Å². The second kappa shape index (κ2) is 8.56. The van der Waals surface area contributed by atoms with E-state index in [-0.39, 0.29) is 0 Å². The van der Waals surface area contributed by atoms with Gasteiger partial charge >= 0.3 is 0 Å².